The molecular weight excluding hydrogens is 629 g/mol. The summed E-state index contributed by atoms with van der Waals surface area (Å²) in [5.74, 6) is 0. The van der Waals surface area contributed by atoms with Gasteiger partial charge in [-0.05, 0) is 78.2 Å². The van der Waals surface area contributed by atoms with Gasteiger partial charge < -0.3 is 13.9 Å². The number of benzene rings is 8. The molecule has 3 nitrogen and oxygen atoms in total. The van der Waals surface area contributed by atoms with Crippen molar-refractivity contribution in [1.82, 2.24) is 4.57 Å². The highest BCUT2D eigenvalue weighted by atomic mass is 32.1. The van der Waals surface area contributed by atoms with E-state index in [-0.39, 0.29) is 0 Å². The normalized spacial score (nSPS) is 12.0. The van der Waals surface area contributed by atoms with Gasteiger partial charge in [-0.3, -0.25) is 0 Å². The van der Waals surface area contributed by atoms with E-state index in [1.807, 2.05) is 11.3 Å². The Morgan fingerprint density at radius 1 is 0.460 bits per heavy atom. The first-order valence-corrected chi connectivity index (χ1v) is 17.7. The Hall–Kier alpha value is -6.36. The SMILES string of the molecule is c1ccc(-n2c3ccccc3c3cc(N(c4ccc5oc6c7ccccc7ccc6c5c4)c4cccc5c4sc4ccccc45)ccc32)cc1. The Labute approximate surface area is 291 Å². The molecule has 0 aliphatic heterocycles. The van der Waals surface area contributed by atoms with Crippen molar-refractivity contribution < 1.29 is 4.42 Å². The van der Waals surface area contributed by atoms with Crippen molar-refractivity contribution in [3.05, 3.63) is 170 Å². The van der Waals surface area contributed by atoms with Crippen LogP contribution >= 0.6 is 11.3 Å². The molecule has 0 bridgehead atoms. The maximum absolute atomic E-state index is 6.55. The lowest BCUT2D eigenvalue weighted by Gasteiger charge is -2.26. The Balaban J connectivity index is 1.20. The number of furan rings is 1. The van der Waals surface area contributed by atoms with Crippen LogP contribution in [0.4, 0.5) is 17.1 Å². The fourth-order valence-electron chi connectivity index (χ4n) is 7.92. The summed E-state index contributed by atoms with van der Waals surface area (Å²) in [5.41, 5.74) is 8.72. The van der Waals surface area contributed by atoms with Crippen molar-refractivity contribution in [2.45, 2.75) is 0 Å². The molecule has 4 heteroatoms. The Bertz CT molecular complexity index is 3110. The van der Waals surface area contributed by atoms with Crippen molar-refractivity contribution in [1.29, 1.82) is 0 Å². The third kappa shape index (κ3) is 3.97. The molecule has 0 saturated carbocycles. The van der Waals surface area contributed by atoms with Crippen molar-refractivity contribution in [3.8, 4) is 5.69 Å². The summed E-state index contributed by atoms with van der Waals surface area (Å²) in [6.07, 6.45) is 0. The van der Waals surface area contributed by atoms with Gasteiger partial charge in [0.05, 0.1) is 21.4 Å². The number of hydrogen-bond donors (Lipinski definition) is 0. The highest BCUT2D eigenvalue weighted by molar-refractivity contribution is 7.26. The smallest absolute Gasteiger partial charge is 0.143 e. The average molecular weight is 657 g/mol. The minimum atomic E-state index is 0.890. The largest absolute Gasteiger partial charge is 0.455 e. The maximum atomic E-state index is 6.55. The molecule has 0 aliphatic rings. The molecular formula is C46H28N2OS. The molecule has 0 amide bonds. The number of hydrogen-bond acceptors (Lipinski definition) is 3. The molecule has 11 aromatic rings. The van der Waals surface area contributed by atoms with Crippen LogP contribution in [0.3, 0.4) is 0 Å². The predicted octanol–water partition coefficient (Wildman–Crippen LogP) is 13.7. The quantitative estimate of drug-likeness (QED) is 0.188. The zero-order valence-corrected chi connectivity index (χ0v) is 27.7. The number of rotatable bonds is 4. The lowest BCUT2D eigenvalue weighted by molar-refractivity contribution is 0.672. The van der Waals surface area contributed by atoms with Gasteiger partial charge in [-0.2, -0.15) is 0 Å². The first kappa shape index (κ1) is 27.6. The van der Waals surface area contributed by atoms with Crippen LogP contribution in [0.1, 0.15) is 0 Å². The van der Waals surface area contributed by atoms with Gasteiger partial charge in [-0.1, -0.05) is 97.1 Å². The van der Waals surface area contributed by atoms with Gasteiger partial charge >= 0.3 is 0 Å². The van der Waals surface area contributed by atoms with Crippen LogP contribution in [0, 0.1) is 0 Å². The number of fused-ring (bicyclic) bond motifs is 11. The number of thiophene rings is 1. The van der Waals surface area contributed by atoms with Crippen LogP contribution in [0.15, 0.2) is 174 Å². The summed E-state index contributed by atoms with van der Waals surface area (Å²) < 4.78 is 11.5. The molecule has 0 spiro atoms. The topological polar surface area (TPSA) is 21.3 Å². The van der Waals surface area contributed by atoms with E-state index in [2.05, 4.69) is 179 Å². The monoisotopic (exact) mass is 656 g/mol. The van der Waals surface area contributed by atoms with Crippen molar-refractivity contribution in [2.75, 3.05) is 4.90 Å². The number of anilines is 3. The molecule has 0 fully saturated rings. The molecule has 8 aromatic carbocycles. The summed E-state index contributed by atoms with van der Waals surface area (Å²) in [5, 5.41) is 9.57. The van der Waals surface area contributed by atoms with Crippen molar-refractivity contribution >= 4 is 103 Å². The van der Waals surface area contributed by atoms with E-state index < -0.39 is 0 Å². The zero-order chi connectivity index (χ0) is 32.8. The van der Waals surface area contributed by atoms with E-state index in [1.54, 1.807) is 0 Å². The Kier molecular flexibility index (Phi) is 5.83. The standard InChI is InChI=1S/C46H28N2OS/c1-2-12-30(13-3-1)48-40-18-8-6-15-34(40)38-27-31(22-25-41(38)48)47(42-19-10-17-37-35-16-7-9-20-44(35)50-46(37)42)32-23-26-43-39(28-32)36-24-21-29-11-4-5-14-33(29)45(36)49-43/h1-28H. The predicted molar refractivity (Wildman–Crippen MR) is 213 cm³/mol. The van der Waals surface area contributed by atoms with Gasteiger partial charge in [0.1, 0.15) is 11.2 Å². The van der Waals surface area contributed by atoms with E-state index in [0.717, 1.165) is 50.1 Å². The van der Waals surface area contributed by atoms with E-state index in [4.69, 9.17) is 4.42 Å². The maximum Gasteiger partial charge on any atom is 0.143 e. The van der Waals surface area contributed by atoms with E-state index >= 15 is 0 Å². The Morgan fingerprint density at radius 2 is 1.16 bits per heavy atom. The van der Waals surface area contributed by atoms with Crippen LogP contribution in [-0.2, 0) is 0 Å². The minimum Gasteiger partial charge on any atom is -0.455 e. The van der Waals surface area contributed by atoms with Crippen LogP contribution < -0.4 is 4.90 Å². The minimum absolute atomic E-state index is 0.890. The third-order valence-electron chi connectivity index (χ3n) is 10.2. The fraction of sp³-hybridized carbons (Fsp3) is 0. The first-order chi connectivity index (χ1) is 24.8. The molecule has 234 valence electrons. The lowest BCUT2D eigenvalue weighted by atomic mass is 10.0. The fourth-order valence-corrected chi connectivity index (χ4v) is 9.13. The molecule has 0 N–H and O–H groups in total. The van der Waals surface area contributed by atoms with Gasteiger partial charge in [0.15, 0.2) is 0 Å². The number of aromatic nitrogens is 1. The highest BCUT2D eigenvalue weighted by Crippen LogP contribution is 2.47. The van der Waals surface area contributed by atoms with Crippen molar-refractivity contribution in [2.24, 2.45) is 0 Å². The molecule has 0 radical (unpaired) electrons. The molecule has 0 atom stereocenters. The zero-order valence-electron chi connectivity index (χ0n) is 26.9. The van der Waals surface area contributed by atoms with Crippen molar-refractivity contribution in [3.63, 3.8) is 0 Å². The summed E-state index contributed by atoms with van der Waals surface area (Å²) in [4.78, 5) is 2.44. The van der Waals surface area contributed by atoms with Gasteiger partial charge in [0.2, 0.25) is 0 Å². The van der Waals surface area contributed by atoms with Gasteiger partial charge in [-0.25, -0.2) is 0 Å². The summed E-state index contributed by atoms with van der Waals surface area (Å²) in [6.45, 7) is 0. The van der Waals surface area contributed by atoms with Crippen LogP contribution in [0.25, 0.3) is 80.4 Å². The van der Waals surface area contributed by atoms with Gasteiger partial charge in [0.25, 0.3) is 0 Å². The van der Waals surface area contributed by atoms with E-state index in [1.165, 1.54) is 47.4 Å². The van der Waals surface area contributed by atoms with Crippen LogP contribution in [0.5, 0.6) is 0 Å². The van der Waals surface area contributed by atoms with Gasteiger partial charge in [0, 0.05) is 59.5 Å². The molecule has 11 rings (SSSR count). The molecule has 50 heavy (non-hydrogen) atoms. The summed E-state index contributed by atoms with van der Waals surface area (Å²) >= 11 is 1.86. The van der Waals surface area contributed by atoms with Gasteiger partial charge in [-0.15, -0.1) is 11.3 Å². The number of para-hydroxylation sites is 2. The highest BCUT2D eigenvalue weighted by Gasteiger charge is 2.22. The molecule has 3 aromatic heterocycles. The summed E-state index contributed by atoms with van der Waals surface area (Å²) in [7, 11) is 0. The lowest BCUT2D eigenvalue weighted by Crippen LogP contribution is -2.10. The third-order valence-corrected chi connectivity index (χ3v) is 11.4. The second kappa shape index (κ2) is 10.6. The summed E-state index contributed by atoms with van der Waals surface area (Å²) in [6, 6.07) is 61.3. The first-order valence-electron chi connectivity index (χ1n) is 16.9. The van der Waals surface area contributed by atoms with E-state index in [9.17, 15) is 0 Å². The van der Waals surface area contributed by atoms with E-state index in [0.29, 0.717) is 0 Å². The average Bonchev–Trinajstić information content (AvgIpc) is 3.85. The molecule has 3 heterocycles. The molecule has 0 unspecified atom stereocenters. The molecule has 0 aliphatic carbocycles. The van der Waals surface area contributed by atoms with Crippen LogP contribution in [0.2, 0.25) is 0 Å². The second-order valence-electron chi connectivity index (χ2n) is 12.9. The number of nitrogens with zero attached hydrogens (tertiary/aromatic N) is 2. The Morgan fingerprint density at radius 3 is 2.06 bits per heavy atom. The van der Waals surface area contributed by atoms with Crippen LogP contribution in [-0.4, -0.2) is 4.57 Å². The second-order valence-corrected chi connectivity index (χ2v) is 14.0. The molecule has 0 saturated heterocycles.